The number of ketones is 1. The lowest BCUT2D eigenvalue weighted by molar-refractivity contribution is 0.101. The fraction of sp³-hybridized carbons (Fsp3) is 0.188. The summed E-state index contributed by atoms with van der Waals surface area (Å²) in [5, 5.41) is 0. The average Bonchev–Trinajstić information content (AvgIpc) is 2.45. The quantitative estimate of drug-likeness (QED) is 0.719. The largest absolute Gasteiger partial charge is 0.295 e. The Labute approximate surface area is 143 Å². The van der Waals surface area contributed by atoms with Crippen LogP contribution in [-0.2, 0) is 16.6 Å². The van der Waals surface area contributed by atoms with Crippen molar-refractivity contribution in [1.29, 1.82) is 0 Å². The molecule has 0 atom stereocenters. The minimum Gasteiger partial charge on any atom is -0.295 e. The van der Waals surface area contributed by atoms with Gasteiger partial charge in [0.2, 0.25) is 10.0 Å². The second kappa shape index (κ2) is 6.80. The third-order valence-electron chi connectivity index (χ3n) is 3.29. The number of carbonyl (C=O) groups is 1. The molecule has 0 saturated heterocycles. The molecule has 0 aromatic heterocycles. The number of nitrogens with zero attached hydrogens (tertiary/aromatic N) is 1. The van der Waals surface area contributed by atoms with Crippen LogP contribution in [0.15, 0.2) is 46.9 Å². The smallest absolute Gasteiger partial charge is 0.232 e. The van der Waals surface area contributed by atoms with Crippen LogP contribution in [0.3, 0.4) is 0 Å². The first-order chi connectivity index (χ1) is 10.7. The van der Waals surface area contributed by atoms with Gasteiger partial charge in [-0.3, -0.25) is 9.10 Å². The molecule has 7 heteroatoms. The number of hydrogen-bond donors (Lipinski definition) is 0. The van der Waals surface area contributed by atoms with E-state index < -0.39 is 15.8 Å². The van der Waals surface area contributed by atoms with E-state index in [0.717, 1.165) is 10.6 Å². The zero-order chi connectivity index (χ0) is 17.2. The molecular weight excluding hydrogens is 385 g/mol. The Balaban J connectivity index is 2.40. The van der Waals surface area contributed by atoms with E-state index in [1.165, 1.54) is 31.2 Å². The fourth-order valence-corrected chi connectivity index (χ4v) is 3.28. The third kappa shape index (κ3) is 4.39. The van der Waals surface area contributed by atoms with Gasteiger partial charge in [0.05, 0.1) is 18.5 Å². The van der Waals surface area contributed by atoms with Gasteiger partial charge in [-0.05, 0) is 43.3 Å². The Morgan fingerprint density at radius 1 is 1.17 bits per heavy atom. The summed E-state index contributed by atoms with van der Waals surface area (Å²) in [4.78, 5) is 11.3. The molecule has 0 aliphatic rings. The summed E-state index contributed by atoms with van der Waals surface area (Å²) < 4.78 is 39.8. The van der Waals surface area contributed by atoms with Crippen LogP contribution < -0.4 is 4.31 Å². The Bertz CT molecular complexity index is 835. The lowest BCUT2D eigenvalue weighted by atomic mass is 10.1. The summed E-state index contributed by atoms with van der Waals surface area (Å²) in [6.45, 7) is 1.30. The Morgan fingerprint density at radius 2 is 1.78 bits per heavy atom. The van der Waals surface area contributed by atoms with Gasteiger partial charge < -0.3 is 0 Å². The van der Waals surface area contributed by atoms with Gasteiger partial charge in [0.25, 0.3) is 0 Å². The van der Waals surface area contributed by atoms with Crippen molar-refractivity contribution in [3.63, 3.8) is 0 Å². The molecule has 0 unspecified atom stereocenters. The first kappa shape index (κ1) is 17.6. The van der Waals surface area contributed by atoms with E-state index in [1.54, 1.807) is 18.2 Å². The van der Waals surface area contributed by atoms with Gasteiger partial charge in [0, 0.05) is 15.6 Å². The van der Waals surface area contributed by atoms with Crippen LogP contribution in [0.4, 0.5) is 10.1 Å². The monoisotopic (exact) mass is 399 g/mol. The van der Waals surface area contributed by atoms with Gasteiger partial charge in [-0.1, -0.05) is 22.0 Å². The number of Topliss-reactive ketones (excluding diaryl/α,β-unsaturated/α-hetero) is 1. The fourth-order valence-electron chi connectivity index (χ4n) is 2.07. The molecule has 122 valence electrons. The van der Waals surface area contributed by atoms with E-state index in [2.05, 4.69) is 15.9 Å². The van der Waals surface area contributed by atoms with E-state index in [4.69, 9.17) is 0 Å². The average molecular weight is 400 g/mol. The molecule has 2 rings (SSSR count). The number of benzene rings is 2. The summed E-state index contributed by atoms with van der Waals surface area (Å²) in [5.74, 6) is -0.602. The molecule has 0 heterocycles. The van der Waals surface area contributed by atoms with Crippen molar-refractivity contribution in [3.05, 3.63) is 63.9 Å². The van der Waals surface area contributed by atoms with Crippen molar-refractivity contribution < 1.29 is 17.6 Å². The molecule has 0 saturated carbocycles. The van der Waals surface area contributed by atoms with Crippen molar-refractivity contribution in [2.75, 3.05) is 10.6 Å². The maximum Gasteiger partial charge on any atom is 0.232 e. The van der Waals surface area contributed by atoms with Crippen LogP contribution in [0.2, 0.25) is 0 Å². The second-order valence-corrected chi connectivity index (χ2v) is 7.93. The number of anilines is 1. The first-order valence-corrected chi connectivity index (χ1v) is 9.35. The predicted molar refractivity (Wildman–Crippen MR) is 91.6 cm³/mol. The lowest BCUT2D eigenvalue weighted by Crippen LogP contribution is -2.29. The second-order valence-electron chi connectivity index (χ2n) is 5.11. The zero-order valence-corrected chi connectivity index (χ0v) is 15.0. The van der Waals surface area contributed by atoms with Crippen molar-refractivity contribution >= 4 is 37.4 Å². The SMILES string of the molecule is CC(=O)c1ccc(N(Cc2ccc(Br)cc2F)S(C)(=O)=O)cc1. The highest BCUT2D eigenvalue weighted by Gasteiger charge is 2.19. The topological polar surface area (TPSA) is 54.5 Å². The van der Waals surface area contributed by atoms with Gasteiger partial charge in [-0.25, -0.2) is 12.8 Å². The minimum absolute atomic E-state index is 0.110. The lowest BCUT2D eigenvalue weighted by Gasteiger charge is -2.23. The maximum atomic E-state index is 14.0. The number of sulfonamides is 1. The molecular formula is C16H15BrFNO3S. The molecule has 23 heavy (non-hydrogen) atoms. The highest BCUT2D eigenvalue weighted by atomic mass is 79.9. The summed E-state index contributed by atoms with van der Waals surface area (Å²) >= 11 is 3.16. The summed E-state index contributed by atoms with van der Waals surface area (Å²) in [7, 11) is -3.61. The molecule has 4 nitrogen and oxygen atoms in total. The molecule has 0 N–H and O–H groups in total. The van der Waals surface area contributed by atoms with Gasteiger partial charge >= 0.3 is 0 Å². The molecule has 0 aliphatic heterocycles. The van der Waals surface area contributed by atoms with Gasteiger partial charge in [-0.2, -0.15) is 0 Å². The van der Waals surface area contributed by atoms with Gasteiger partial charge in [0.15, 0.2) is 5.78 Å². The number of carbonyl (C=O) groups excluding carboxylic acids is 1. The van der Waals surface area contributed by atoms with Crippen LogP contribution in [0.25, 0.3) is 0 Å². The predicted octanol–water partition coefficient (Wildman–Crippen LogP) is 3.76. The molecule has 0 bridgehead atoms. The summed E-state index contributed by atoms with van der Waals surface area (Å²) in [5.41, 5.74) is 1.12. The summed E-state index contributed by atoms with van der Waals surface area (Å²) in [6.07, 6.45) is 1.06. The molecule has 2 aromatic carbocycles. The van der Waals surface area contributed by atoms with E-state index in [9.17, 15) is 17.6 Å². The molecule has 0 fully saturated rings. The first-order valence-electron chi connectivity index (χ1n) is 6.71. The molecule has 0 spiro atoms. The molecule has 0 aliphatic carbocycles. The standard InChI is InChI=1S/C16H15BrFNO3S/c1-11(20)12-4-7-15(8-5-12)19(23(2,21)22)10-13-3-6-14(17)9-16(13)18/h3-9H,10H2,1-2H3. The zero-order valence-electron chi connectivity index (χ0n) is 12.6. The number of halogens is 2. The highest BCUT2D eigenvalue weighted by Crippen LogP contribution is 2.23. The van der Waals surface area contributed by atoms with Crippen LogP contribution in [-0.4, -0.2) is 20.5 Å². The molecule has 2 aromatic rings. The van der Waals surface area contributed by atoms with Gasteiger partial charge in [-0.15, -0.1) is 0 Å². The van der Waals surface area contributed by atoms with E-state index >= 15 is 0 Å². The van der Waals surface area contributed by atoms with E-state index in [1.807, 2.05) is 0 Å². The Hall–Kier alpha value is -1.73. The normalized spacial score (nSPS) is 11.3. The Kier molecular flexibility index (Phi) is 5.21. The number of hydrogen-bond acceptors (Lipinski definition) is 3. The van der Waals surface area contributed by atoms with Gasteiger partial charge in [0.1, 0.15) is 5.82 Å². The third-order valence-corrected chi connectivity index (χ3v) is 4.93. The van der Waals surface area contributed by atoms with Crippen LogP contribution in [0.1, 0.15) is 22.8 Å². The number of rotatable bonds is 5. The van der Waals surface area contributed by atoms with Crippen LogP contribution >= 0.6 is 15.9 Å². The van der Waals surface area contributed by atoms with E-state index in [0.29, 0.717) is 15.7 Å². The van der Waals surface area contributed by atoms with E-state index in [-0.39, 0.29) is 17.9 Å². The Morgan fingerprint density at radius 3 is 2.26 bits per heavy atom. The van der Waals surface area contributed by atoms with Crippen LogP contribution in [0.5, 0.6) is 0 Å². The molecule has 0 radical (unpaired) electrons. The summed E-state index contributed by atoms with van der Waals surface area (Å²) in [6, 6.07) is 10.6. The highest BCUT2D eigenvalue weighted by molar-refractivity contribution is 9.10. The van der Waals surface area contributed by atoms with Crippen molar-refractivity contribution in [2.24, 2.45) is 0 Å². The molecule has 0 amide bonds. The van der Waals surface area contributed by atoms with Crippen molar-refractivity contribution in [2.45, 2.75) is 13.5 Å². The van der Waals surface area contributed by atoms with Crippen molar-refractivity contribution in [3.8, 4) is 0 Å². The van der Waals surface area contributed by atoms with Crippen LogP contribution in [0, 0.1) is 5.82 Å². The minimum atomic E-state index is -3.61. The van der Waals surface area contributed by atoms with Crippen molar-refractivity contribution in [1.82, 2.24) is 0 Å². The maximum absolute atomic E-state index is 14.0.